The number of hydrogen-bond donors (Lipinski definition) is 1. The van der Waals surface area contributed by atoms with Crippen LogP contribution in [0.15, 0.2) is 18.2 Å². The van der Waals surface area contributed by atoms with E-state index in [1.165, 1.54) is 5.56 Å². The van der Waals surface area contributed by atoms with E-state index in [0.717, 1.165) is 24.9 Å². The van der Waals surface area contributed by atoms with Gasteiger partial charge in [0.1, 0.15) is 5.82 Å². The molecule has 0 heterocycles. The van der Waals surface area contributed by atoms with E-state index in [2.05, 4.69) is 26.1 Å². The van der Waals surface area contributed by atoms with Gasteiger partial charge in [-0.3, -0.25) is 0 Å². The third-order valence-electron chi connectivity index (χ3n) is 3.06. The van der Waals surface area contributed by atoms with Gasteiger partial charge in [0.2, 0.25) is 0 Å². The fraction of sp³-hybridized carbons (Fsp3) is 0.600. The van der Waals surface area contributed by atoms with E-state index in [9.17, 15) is 4.39 Å². The van der Waals surface area contributed by atoms with Crippen LogP contribution in [0.5, 0.6) is 0 Å². The summed E-state index contributed by atoms with van der Waals surface area (Å²) in [5, 5.41) is 3.43. The van der Waals surface area contributed by atoms with Gasteiger partial charge in [-0.2, -0.15) is 0 Å². The van der Waals surface area contributed by atoms with E-state index in [-0.39, 0.29) is 5.82 Å². The predicted molar refractivity (Wildman–Crippen MR) is 71.8 cm³/mol. The van der Waals surface area contributed by atoms with Gasteiger partial charge < -0.3 is 5.32 Å². The zero-order valence-corrected chi connectivity index (χ0v) is 11.4. The number of rotatable bonds is 6. The molecule has 0 bridgehead atoms. The van der Waals surface area contributed by atoms with Crippen molar-refractivity contribution in [3.05, 3.63) is 35.1 Å². The maximum Gasteiger partial charge on any atom is 0.123 e. The van der Waals surface area contributed by atoms with E-state index < -0.39 is 0 Å². The van der Waals surface area contributed by atoms with Crippen molar-refractivity contribution in [3.8, 4) is 0 Å². The van der Waals surface area contributed by atoms with E-state index in [0.29, 0.717) is 12.0 Å². The van der Waals surface area contributed by atoms with Crippen molar-refractivity contribution in [2.45, 2.75) is 46.6 Å². The number of aryl methyl sites for hydroxylation is 1. The molecule has 1 unspecified atom stereocenters. The van der Waals surface area contributed by atoms with Gasteiger partial charge in [-0.25, -0.2) is 4.39 Å². The summed E-state index contributed by atoms with van der Waals surface area (Å²) < 4.78 is 13.0. The molecule has 0 amide bonds. The minimum absolute atomic E-state index is 0.139. The molecular formula is C15H24FN. The van der Waals surface area contributed by atoms with Crippen LogP contribution >= 0.6 is 0 Å². The van der Waals surface area contributed by atoms with Gasteiger partial charge in [-0.1, -0.05) is 26.8 Å². The molecule has 1 aromatic carbocycles. The summed E-state index contributed by atoms with van der Waals surface area (Å²) >= 11 is 0. The molecule has 0 aromatic heterocycles. The fourth-order valence-corrected chi connectivity index (χ4v) is 1.98. The number of hydrogen-bond acceptors (Lipinski definition) is 1. The first kappa shape index (κ1) is 14.2. The first-order valence-electron chi connectivity index (χ1n) is 6.47. The van der Waals surface area contributed by atoms with Crippen molar-refractivity contribution in [2.24, 2.45) is 5.92 Å². The molecule has 1 N–H and O–H groups in total. The third kappa shape index (κ3) is 5.31. The Morgan fingerprint density at radius 1 is 1.24 bits per heavy atom. The highest BCUT2D eigenvalue weighted by atomic mass is 19.1. The first-order chi connectivity index (χ1) is 7.99. The summed E-state index contributed by atoms with van der Waals surface area (Å²) in [4.78, 5) is 0. The average molecular weight is 237 g/mol. The SMILES string of the molecule is Cc1cc(F)ccc1CC(C)CCNC(C)C. The lowest BCUT2D eigenvalue weighted by atomic mass is 9.95. The Labute approximate surface area is 104 Å². The summed E-state index contributed by atoms with van der Waals surface area (Å²) in [6.45, 7) is 9.62. The molecule has 0 spiro atoms. The van der Waals surface area contributed by atoms with Crippen molar-refractivity contribution >= 4 is 0 Å². The summed E-state index contributed by atoms with van der Waals surface area (Å²) in [7, 11) is 0. The van der Waals surface area contributed by atoms with Crippen LogP contribution in [0.3, 0.4) is 0 Å². The van der Waals surface area contributed by atoms with E-state index in [1.54, 1.807) is 12.1 Å². The van der Waals surface area contributed by atoms with Crippen LogP contribution in [-0.4, -0.2) is 12.6 Å². The maximum atomic E-state index is 13.0. The molecule has 0 fully saturated rings. The summed E-state index contributed by atoms with van der Waals surface area (Å²) in [5.41, 5.74) is 2.33. The molecule has 1 aromatic rings. The first-order valence-corrected chi connectivity index (χ1v) is 6.47. The largest absolute Gasteiger partial charge is 0.315 e. The predicted octanol–water partition coefficient (Wildman–Crippen LogP) is 3.70. The van der Waals surface area contributed by atoms with Gasteiger partial charge in [0.25, 0.3) is 0 Å². The van der Waals surface area contributed by atoms with Crippen LogP contribution in [-0.2, 0) is 6.42 Å². The molecule has 96 valence electrons. The lowest BCUT2D eigenvalue weighted by Gasteiger charge is -2.15. The monoisotopic (exact) mass is 237 g/mol. The molecule has 0 radical (unpaired) electrons. The highest BCUT2D eigenvalue weighted by molar-refractivity contribution is 5.26. The van der Waals surface area contributed by atoms with E-state index in [4.69, 9.17) is 0 Å². The van der Waals surface area contributed by atoms with Gasteiger partial charge in [0.15, 0.2) is 0 Å². The van der Waals surface area contributed by atoms with Gasteiger partial charge in [-0.15, -0.1) is 0 Å². The normalized spacial score (nSPS) is 13.1. The van der Waals surface area contributed by atoms with Gasteiger partial charge in [-0.05, 0) is 55.5 Å². The van der Waals surface area contributed by atoms with Gasteiger partial charge in [0, 0.05) is 6.04 Å². The third-order valence-corrected chi connectivity index (χ3v) is 3.06. The Morgan fingerprint density at radius 2 is 1.94 bits per heavy atom. The quantitative estimate of drug-likeness (QED) is 0.795. The van der Waals surface area contributed by atoms with Crippen LogP contribution in [0.2, 0.25) is 0 Å². The molecule has 0 aliphatic carbocycles. The van der Waals surface area contributed by atoms with Crippen molar-refractivity contribution in [3.63, 3.8) is 0 Å². The average Bonchev–Trinajstić information content (AvgIpc) is 2.21. The minimum Gasteiger partial charge on any atom is -0.315 e. The van der Waals surface area contributed by atoms with Gasteiger partial charge in [0.05, 0.1) is 0 Å². The maximum absolute atomic E-state index is 13.0. The molecule has 1 rings (SSSR count). The Hall–Kier alpha value is -0.890. The molecular weight excluding hydrogens is 213 g/mol. The van der Waals surface area contributed by atoms with Crippen molar-refractivity contribution < 1.29 is 4.39 Å². The van der Waals surface area contributed by atoms with Crippen molar-refractivity contribution in [1.82, 2.24) is 5.32 Å². The minimum atomic E-state index is -0.139. The smallest absolute Gasteiger partial charge is 0.123 e. The number of halogens is 1. The molecule has 0 aliphatic rings. The van der Waals surface area contributed by atoms with Crippen LogP contribution in [0.1, 0.15) is 38.3 Å². The highest BCUT2D eigenvalue weighted by Crippen LogP contribution is 2.16. The summed E-state index contributed by atoms with van der Waals surface area (Å²) in [5.74, 6) is 0.491. The molecule has 0 saturated carbocycles. The molecule has 2 heteroatoms. The lowest BCUT2D eigenvalue weighted by Crippen LogP contribution is -2.25. The van der Waals surface area contributed by atoms with Gasteiger partial charge >= 0.3 is 0 Å². The highest BCUT2D eigenvalue weighted by Gasteiger charge is 2.07. The Morgan fingerprint density at radius 3 is 2.53 bits per heavy atom. The molecule has 1 nitrogen and oxygen atoms in total. The molecule has 1 atom stereocenters. The zero-order chi connectivity index (χ0) is 12.8. The van der Waals surface area contributed by atoms with E-state index >= 15 is 0 Å². The standard InChI is InChI=1S/C15H24FN/c1-11(2)17-8-7-12(3)9-14-5-6-15(16)10-13(14)4/h5-6,10-12,17H,7-9H2,1-4H3. The van der Waals surface area contributed by atoms with Crippen molar-refractivity contribution in [2.75, 3.05) is 6.54 Å². The Kier molecular flexibility index (Phi) is 5.63. The number of benzene rings is 1. The van der Waals surface area contributed by atoms with Crippen LogP contribution in [0.4, 0.5) is 4.39 Å². The zero-order valence-electron chi connectivity index (χ0n) is 11.4. The van der Waals surface area contributed by atoms with E-state index in [1.807, 2.05) is 13.0 Å². The summed E-state index contributed by atoms with van der Waals surface area (Å²) in [6, 6.07) is 5.64. The van der Waals surface area contributed by atoms with Crippen LogP contribution < -0.4 is 5.32 Å². The second-order valence-corrected chi connectivity index (χ2v) is 5.28. The number of nitrogens with one attached hydrogen (secondary N) is 1. The molecule has 17 heavy (non-hydrogen) atoms. The van der Waals surface area contributed by atoms with Crippen LogP contribution in [0, 0.1) is 18.7 Å². The molecule has 0 saturated heterocycles. The lowest BCUT2D eigenvalue weighted by molar-refractivity contribution is 0.475. The molecule has 0 aliphatic heterocycles. The van der Waals surface area contributed by atoms with Crippen LogP contribution in [0.25, 0.3) is 0 Å². The Balaban J connectivity index is 2.42. The fourth-order valence-electron chi connectivity index (χ4n) is 1.98. The second kappa shape index (κ2) is 6.75. The van der Waals surface area contributed by atoms with Crippen molar-refractivity contribution in [1.29, 1.82) is 0 Å². The summed E-state index contributed by atoms with van der Waals surface area (Å²) in [6.07, 6.45) is 2.20. The Bertz CT molecular complexity index is 347. The second-order valence-electron chi connectivity index (χ2n) is 5.28. The topological polar surface area (TPSA) is 12.0 Å².